The van der Waals surface area contributed by atoms with Gasteiger partial charge in [-0.05, 0) is 108 Å². The second-order valence-electron chi connectivity index (χ2n) is 32.8. The van der Waals surface area contributed by atoms with Crippen LogP contribution < -0.4 is 65.1 Å². The molecule has 1 saturated heterocycles. The lowest BCUT2D eigenvalue weighted by Gasteiger charge is -2.37. The highest BCUT2D eigenvalue weighted by Gasteiger charge is 2.42. The Balaban J connectivity index is 1.22. The third kappa shape index (κ3) is 30.3. The van der Waals surface area contributed by atoms with Crippen molar-refractivity contribution in [3.8, 4) is 11.5 Å². The van der Waals surface area contributed by atoms with Crippen molar-refractivity contribution in [1.82, 2.24) is 77.3 Å². The summed E-state index contributed by atoms with van der Waals surface area (Å²) in [7, 11) is 6.16. The highest BCUT2D eigenvalue weighted by molar-refractivity contribution is 8.00. The molecule has 36 nitrogen and oxygen atoms in total. The number of nitrogens with two attached hydrogens (primary N) is 3. The third-order valence-electron chi connectivity index (χ3n) is 22.3. The number of rotatable bonds is 24. The second-order valence-corrected chi connectivity index (χ2v) is 33.9. The van der Waals surface area contributed by atoms with Gasteiger partial charge < -0.3 is 105 Å². The molecule has 8 rings (SSSR count). The van der Waals surface area contributed by atoms with Crippen LogP contribution in [-0.2, 0) is 115 Å². The molecule has 1 unspecified atom stereocenters. The topological polar surface area (TPSA) is 532 Å². The largest absolute Gasteiger partial charge is 0.508 e. The first-order chi connectivity index (χ1) is 62.7. The fourth-order valence-corrected chi connectivity index (χ4v) is 15.8. The van der Waals surface area contributed by atoms with E-state index in [1.165, 1.54) is 83.8 Å². The second kappa shape index (κ2) is 49.7. The van der Waals surface area contributed by atoms with Crippen LogP contribution in [0.5, 0.6) is 11.5 Å². The van der Waals surface area contributed by atoms with Crippen LogP contribution in [0.1, 0.15) is 92.7 Å². The number of hydrogen-bond donors (Lipinski definition) is 15. The number of aromatic hydroxyl groups is 2. The molecule has 2 heterocycles. The van der Waals surface area contributed by atoms with Gasteiger partial charge in [0.25, 0.3) is 0 Å². The van der Waals surface area contributed by atoms with E-state index in [0.717, 1.165) is 24.5 Å². The first-order valence-electron chi connectivity index (χ1n) is 42.9. The van der Waals surface area contributed by atoms with Crippen LogP contribution in [-0.4, -0.2) is 274 Å². The van der Waals surface area contributed by atoms with Crippen molar-refractivity contribution >= 4 is 117 Å². The summed E-state index contributed by atoms with van der Waals surface area (Å²) in [4.78, 5) is 243. The Bertz CT molecular complexity index is 5230. The van der Waals surface area contributed by atoms with Gasteiger partial charge in [-0.15, -0.1) is 11.8 Å². The highest BCUT2D eigenvalue weighted by atomic mass is 32.2. The Morgan fingerprint density at radius 1 is 0.470 bits per heavy atom. The number of likely N-dealkylation sites (N-methyl/N-ethyl adjacent to an activating group) is 5. The molecular weight excluding hydrogens is 1730 g/mol. The summed E-state index contributed by atoms with van der Waals surface area (Å²) in [6.45, 7) is 2.37. The number of H-pyrrole nitrogens is 1. The number of hydrogen-bond acceptors (Lipinski definition) is 20. The normalized spacial score (nSPS) is 21.7. The lowest BCUT2D eigenvalue weighted by molar-refractivity contribution is -0.151. The van der Waals surface area contributed by atoms with Crippen molar-refractivity contribution in [3.05, 3.63) is 203 Å². The molecule has 1 aromatic heterocycles. The van der Waals surface area contributed by atoms with E-state index in [9.17, 15) is 53.0 Å². The lowest BCUT2D eigenvalue weighted by atomic mass is 9.98. The van der Waals surface area contributed by atoms with Gasteiger partial charge in [-0.25, -0.2) is 13.2 Å². The lowest BCUT2D eigenvalue weighted by Crippen LogP contribution is -2.61. The number of halogens is 3. The van der Waals surface area contributed by atoms with E-state index in [2.05, 4.69) is 52.8 Å². The van der Waals surface area contributed by atoms with E-state index < -0.39 is 228 Å². The zero-order valence-electron chi connectivity index (χ0n) is 74.5. The SMILES string of the molecule is CCCC[C@H]1C(=O)N(C)CC(=O)NC(CC(N)=O)C(=O)N[C@@H](C(C)C)C(=O)N(C)[C@@H](Cc2ccccc2)C(=O)N[C@@H](Cc2ccc(O)cc2)C(=O)N(C)CC(=O)N[C@@H](Cc2c[nH]c3ccccc23)C(=O)N[C@@H](Cc2ccc(O)cc2)C(=O)N[C@@H](CCCN)C(=O)N[C@H](C(=O)NCC(N)=O)CSCC(=O)N[C@@H](Cc2cc(F)c(F)c(F)c2)C(=O)N(C)[C@@H](Cc2ccccc2)C(=O)N1C. The average molecular weight is 1850 g/mol. The molecule has 708 valence electrons. The molecule has 40 heteroatoms. The minimum Gasteiger partial charge on any atom is -0.508 e. The predicted octanol–water partition coefficient (Wildman–Crippen LogP) is 0.837. The molecule has 1 fully saturated rings. The Hall–Kier alpha value is -13.9. The number of aromatic nitrogens is 1. The van der Waals surface area contributed by atoms with E-state index >= 15 is 47.1 Å². The number of carbonyl (C=O) groups excluding carboxylic acids is 16. The van der Waals surface area contributed by atoms with E-state index in [0.29, 0.717) is 69.0 Å². The Morgan fingerprint density at radius 2 is 0.939 bits per heavy atom. The molecule has 0 radical (unpaired) electrons. The smallest absolute Gasteiger partial charge is 0.246 e. The number of nitrogens with one attached hydrogen (secondary N) is 10. The van der Waals surface area contributed by atoms with Crippen LogP contribution in [0.4, 0.5) is 13.2 Å². The molecule has 1 aliphatic heterocycles. The standard InChI is InChI=1S/C92H115F3N18O18S/c1-9-10-27-72-90(129)110(5)49-78(119)102-68(45-75(97)116)86(125)108-81(52(2)3)92(131)112(7)73(42-53-20-13-11-14-21-53)87(126)106-69(40-56-30-34-60(115)35-31-56)88(127)109(4)48-77(118)101-67(44-58-46-99-64-25-18-17-24-61(58)64)85(124)105-66(39-55-28-32-59(114)33-29-55)84(123)104-65(26-19-36-96)83(122)107-71(82(121)100-47-76(98)117)50-132-51-79(120)103-70(41-57-37-62(93)80(95)63(94)38-57)89(128)113(8)74(91(130)111(72)6)43-54-22-15-12-16-23-54/h11-18,20-25,28-35,37-38,46,52,65-74,81,99,114-115H,9-10,19,26-27,36,39-45,47-51,96H2,1-8H3,(H2,97,116)(H2,98,117)(H,100,121)(H,101,118)(H,102,119)(H,103,120)(H,104,123)(H,105,124)(H,106,126)(H,107,122)(H,108,125)/t65-,66-,67-,68?,69-,70-,71-,72-,73-,74-,81-/m0/s1. The first kappa shape index (κ1) is 103. The van der Waals surface area contributed by atoms with E-state index in [4.69, 9.17) is 17.2 Å². The van der Waals surface area contributed by atoms with Gasteiger partial charge in [0, 0.05) is 96.6 Å². The zero-order chi connectivity index (χ0) is 96.7. The number of unbranched alkanes of at least 4 members (excludes halogenated alkanes) is 1. The number of phenolic OH excluding ortho intramolecular Hbond substituents is 2. The minimum atomic E-state index is -1.88. The fraction of sp³-hybridized carbons (Fsp3) is 0.413. The summed E-state index contributed by atoms with van der Waals surface area (Å²) >= 11 is 0.655. The Morgan fingerprint density at radius 3 is 1.50 bits per heavy atom. The maximum Gasteiger partial charge on any atom is 0.246 e. The van der Waals surface area contributed by atoms with E-state index in [1.807, 2.05) is 0 Å². The Kier molecular flexibility index (Phi) is 39.0. The molecule has 16 amide bonds. The molecular formula is C92H115F3N18O18S. The number of primary amides is 2. The number of benzene rings is 6. The van der Waals surface area contributed by atoms with Crippen LogP contribution in [0, 0.1) is 23.4 Å². The van der Waals surface area contributed by atoms with Gasteiger partial charge in [0.15, 0.2) is 17.5 Å². The number of carbonyl (C=O) groups is 16. The van der Waals surface area contributed by atoms with Gasteiger partial charge in [-0.1, -0.05) is 137 Å². The quantitative estimate of drug-likeness (QED) is 0.0373. The monoisotopic (exact) mass is 1850 g/mol. The number of amides is 16. The van der Waals surface area contributed by atoms with Crippen molar-refractivity contribution in [2.24, 2.45) is 23.1 Å². The van der Waals surface area contributed by atoms with Gasteiger partial charge in [0.1, 0.15) is 78.0 Å². The molecule has 6 aromatic carbocycles. The van der Waals surface area contributed by atoms with Gasteiger partial charge >= 0.3 is 0 Å². The van der Waals surface area contributed by atoms with Crippen molar-refractivity contribution in [1.29, 1.82) is 0 Å². The summed E-state index contributed by atoms with van der Waals surface area (Å²) in [6.07, 6.45) is -1.09. The predicted molar refractivity (Wildman–Crippen MR) is 482 cm³/mol. The molecule has 0 aliphatic carbocycles. The minimum absolute atomic E-state index is 0.0273. The summed E-state index contributed by atoms with van der Waals surface area (Å²) in [5, 5.41) is 44.6. The number of para-hydroxylation sites is 1. The van der Waals surface area contributed by atoms with E-state index in [1.54, 1.807) is 112 Å². The number of aromatic amines is 1. The summed E-state index contributed by atoms with van der Waals surface area (Å²) in [5.74, 6) is -23.6. The molecule has 11 atom stereocenters. The molecule has 0 saturated carbocycles. The van der Waals surface area contributed by atoms with Gasteiger partial charge in [0.05, 0.1) is 31.8 Å². The summed E-state index contributed by atoms with van der Waals surface area (Å²) in [5.41, 5.74) is 19.5. The molecule has 1 aliphatic rings. The maximum absolute atomic E-state index is 15.5. The molecule has 132 heavy (non-hydrogen) atoms. The zero-order valence-corrected chi connectivity index (χ0v) is 75.3. The van der Waals surface area contributed by atoms with Crippen LogP contribution in [0.15, 0.2) is 152 Å². The molecule has 0 bridgehead atoms. The van der Waals surface area contributed by atoms with Gasteiger partial charge in [-0.2, -0.15) is 0 Å². The van der Waals surface area contributed by atoms with Crippen molar-refractivity contribution in [3.63, 3.8) is 0 Å². The van der Waals surface area contributed by atoms with Crippen molar-refractivity contribution in [2.75, 3.05) is 72.9 Å². The van der Waals surface area contributed by atoms with E-state index in [-0.39, 0.29) is 81.4 Å². The first-order valence-corrected chi connectivity index (χ1v) is 44.0. The summed E-state index contributed by atoms with van der Waals surface area (Å²) < 4.78 is 44.9. The van der Waals surface area contributed by atoms with Gasteiger partial charge in [-0.3, -0.25) is 76.7 Å². The van der Waals surface area contributed by atoms with Crippen LogP contribution in [0.3, 0.4) is 0 Å². The number of thioether (sulfide) groups is 1. The van der Waals surface area contributed by atoms with Gasteiger partial charge in [0.2, 0.25) is 94.5 Å². The van der Waals surface area contributed by atoms with Crippen LogP contribution in [0.25, 0.3) is 10.9 Å². The number of phenols is 2. The molecule has 18 N–H and O–H groups in total. The third-order valence-corrected chi connectivity index (χ3v) is 23.3. The maximum atomic E-state index is 15.5. The summed E-state index contributed by atoms with van der Waals surface area (Å²) in [6, 6.07) is 17.7. The molecule has 0 spiro atoms. The van der Waals surface area contributed by atoms with Crippen molar-refractivity contribution < 1.29 is 100 Å². The number of fused-ring (bicyclic) bond motifs is 1. The number of nitrogens with zero attached hydrogens (tertiary/aromatic N) is 5. The van der Waals surface area contributed by atoms with Crippen LogP contribution >= 0.6 is 11.8 Å². The highest BCUT2D eigenvalue weighted by Crippen LogP contribution is 2.25. The fourth-order valence-electron chi connectivity index (χ4n) is 15.0. The molecule has 7 aromatic rings. The average Bonchev–Trinajstić information content (AvgIpc) is 1.68. The van der Waals surface area contributed by atoms with Crippen LogP contribution in [0.2, 0.25) is 0 Å². The Labute approximate surface area is 765 Å². The van der Waals surface area contributed by atoms with Crippen molar-refractivity contribution in [2.45, 2.75) is 164 Å².